The highest BCUT2D eigenvalue weighted by molar-refractivity contribution is 9.10. The van der Waals surface area contributed by atoms with E-state index in [-0.39, 0.29) is 5.56 Å². The predicted molar refractivity (Wildman–Crippen MR) is 96.3 cm³/mol. The van der Waals surface area contributed by atoms with E-state index in [1.54, 1.807) is 5.38 Å². The summed E-state index contributed by atoms with van der Waals surface area (Å²) in [6, 6.07) is 10.4. The number of nitrogens with one attached hydrogen (secondary N) is 1. The quantitative estimate of drug-likeness (QED) is 0.480. The molecule has 3 rings (SSSR count). The average Bonchev–Trinajstić information content (AvgIpc) is 3.03. The van der Waals surface area contributed by atoms with Gasteiger partial charge in [0.1, 0.15) is 5.82 Å². The number of halogens is 2. The summed E-state index contributed by atoms with van der Waals surface area (Å²) < 4.78 is 14.8. The van der Waals surface area contributed by atoms with E-state index in [1.165, 1.54) is 11.3 Å². The van der Waals surface area contributed by atoms with Gasteiger partial charge in [0, 0.05) is 21.5 Å². The topological polar surface area (TPSA) is 85.1 Å². The summed E-state index contributed by atoms with van der Waals surface area (Å²) in [7, 11) is 0. The molecule has 3 aromatic rings. The lowest BCUT2D eigenvalue weighted by molar-refractivity contribution is -0.385. The zero-order valence-electron chi connectivity index (χ0n) is 12.4. The number of nitro benzene ring substituents is 1. The number of nitro groups is 1. The van der Waals surface area contributed by atoms with Gasteiger partial charge in [-0.15, -0.1) is 11.3 Å². The second-order valence-corrected chi connectivity index (χ2v) is 6.70. The Kier molecular flexibility index (Phi) is 4.86. The minimum atomic E-state index is -0.963. The van der Waals surface area contributed by atoms with Crippen LogP contribution in [0.4, 0.5) is 15.2 Å². The maximum atomic E-state index is 13.9. The number of non-ortho nitro benzene ring substituents is 1. The van der Waals surface area contributed by atoms with E-state index in [0.29, 0.717) is 16.9 Å². The molecule has 0 aliphatic rings. The number of nitrogens with zero attached hydrogens (tertiary/aromatic N) is 2. The lowest BCUT2D eigenvalue weighted by Crippen LogP contribution is -2.13. The fourth-order valence-corrected chi connectivity index (χ4v) is 3.19. The van der Waals surface area contributed by atoms with Crippen molar-refractivity contribution in [2.75, 3.05) is 5.32 Å². The molecule has 0 aliphatic heterocycles. The first-order chi connectivity index (χ1) is 11.9. The van der Waals surface area contributed by atoms with Gasteiger partial charge in [-0.1, -0.05) is 28.1 Å². The van der Waals surface area contributed by atoms with Gasteiger partial charge in [-0.2, -0.15) is 0 Å². The molecule has 0 bridgehead atoms. The van der Waals surface area contributed by atoms with Crippen LogP contribution in [0.1, 0.15) is 10.4 Å². The maximum Gasteiger partial charge on any atom is 0.272 e. The number of amides is 1. The van der Waals surface area contributed by atoms with Gasteiger partial charge in [0.2, 0.25) is 0 Å². The summed E-state index contributed by atoms with van der Waals surface area (Å²) in [4.78, 5) is 26.3. The van der Waals surface area contributed by atoms with Gasteiger partial charge in [0.05, 0.1) is 22.2 Å². The van der Waals surface area contributed by atoms with Gasteiger partial charge in [-0.3, -0.25) is 20.2 Å². The van der Waals surface area contributed by atoms with Crippen molar-refractivity contribution in [3.8, 4) is 11.3 Å². The molecule has 0 saturated carbocycles. The van der Waals surface area contributed by atoms with Crippen LogP contribution in [0.3, 0.4) is 0 Å². The zero-order chi connectivity index (χ0) is 18.0. The van der Waals surface area contributed by atoms with Crippen molar-refractivity contribution < 1.29 is 14.1 Å². The molecule has 126 valence electrons. The van der Waals surface area contributed by atoms with Crippen LogP contribution in [0.5, 0.6) is 0 Å². The van der Waals surface area contributed by atoms with Crippen molar-refractivity contribution in [2.24, 2.45) is 0 Å². The van der Waals surface area contributed by atoms with Crippen LogP contribution >= 0.6 is 27.3 Å². The molecular formula is C16H9BrFN3O3S. The SMILES string of the molecule is O=C(Nc1nc(-c2cccc(Br)c2)cs1)c1ccc([N+](=O)[O-])cc1F. The number of thiazole rings is 1. The van der Waals surface area contributed by atoms with Crippen molar-refractivity contribution in [3.63, 3.8) is 0 Å². The third-order valence-corrected chi connectivity index (χ3v) is 4.50. The molecule has 1 N–H and O–H groups in total. The van der Waals surface area contributed by atoms with E-state index in [2.05, 4.69) is 26.2 Å². The first-order valence-corrected chi connectivity index (χ1v) is 8.58. The van der Waals surface area contributed by atoms with E-state index in [4.69, 9.17) is 0 Å². The number of aromatic nitrogens is 1. The summed E-state index contributed by atoms with van der Waals surface area (Å²) in [6.45, 7) is 0. The van der Waals surface area contributed by atoms with E-state index >= 15 is 0 Å². The van der Waals surface area contributed by atoms with Gasteiger partial charge >= 0.3 is 0 Å². The zero-order valence-corrected chi connectivity index (χ0v) is 14.8. The smallest absolute Gasteiger partial charge is 0.272 e. The molecular weight excluding hydrogens is 413 g/mol. The molecule has 25 heavy (non-hydrogen) atoms. The van der Waals surface area contributed by atoms with Gasteiger partial charge in [0.25, 0.3) is 11.6 Å². The van der Waals surface area contributed by atoms with E-state index in [0.717, 1.165) is 22.2 Å². The summed E-state index contributed by atoms with van der Waals surface area (Å²) in [5.41, 5.74) is 0.837. The maximum absolute atomic E-state index is 13.9. The number of carbonyl (C=O) groups is 1. The average molecular weight is 422 g/mol. The standard InChI is InChI=1S/C16H9BrFN3O3S/c17-10-3-1-2-9(6-10)14-8-25-16(19-14)20-15(22)12-5-4-11(21(23)24)7-13(12)18/h1-8H,(H,19,20,22). The van der Waals surface area contributed by atoms with Crippen LogP contribution in [0.2, 0.25) is 0 Å². The summed E-state index contributed by atoms with van der Waals surface area (Å²) >= 11 is 4.58. The molecule has 0 aliphatic carbocycles. The van der Waals surface area contributed by atoms with Crippen LogP contribution < -0.4 is 5.32 Å². The van der Waals surface area contributed by atoms with Crippen molar-refractivity contribution in [1.29, 1.82) is 0 Å². The Balaban J connectivity index is 1.79. The Bertz CT molecular complexity index is 977. The Labute approximate surface area is 153 Å². The second-order valence-electron chi connectivity index (χ2n) is 4.92. The van der Waals surface area contributed by atoms with Gasteiger partial charge in [-0.05, 0) is 18.2 Å². The third kappa shape index (κ3) is 3.89. The summed E-state index contributed by atoms with van der Waals surface area (Å²) in [5, 5.41) is 15.2. The van der Waals surface area contributed by atoms with Crippen LogP contribution in [-0.4, -0.2) is 15.8 Å². The van der Waals surface area contributed by atoms with Gasteiger partial charge in [-0.25, -0.2) is 9.37 Å². The van der Waals surface area contributed by atoms with Crippen molar-refractivity contribution in [1.82, 2.24) is 4.98 Å². The molecule has 0 radical (unpaired) electrons. The van der Waals surface area contributed by atoms with E-state index in [1.807, 2.05) is 24.3 Å². The molecule has 2 aromatic carbocycles. The fraction of sp³-hybridized carbons (Fsp3) is 0. The first kappa shape index (κ1) is 17.2. The van der Waals surface area contributed by atoms with Gasteiger partial charge < -0.3 is 0 Å². The van der Waals surface area contributed by atoms with E-state index in [9.17, 15) is 19.3 Å². The van der Waals surface area contributed by atoms with E-state index < -0.39 is 22.3 Å². The molecule has 0 fully saturated rings. The van der Waals surface area contributed by atoms with Crippen molar-refractivity contribution >= 4 is 44.0 Å². The molecule has 9 heteroatoms. The highest BCUT2D eigenvalue weighted by Crippen LogP contribution is 2.27. The fourth-order valence-electron chi connectivity index (χ4n) is 2.08. The molecule has 1 heterocycles. The molecule has 0 spiro atoms. The molecule has 0 saturated heterocycles. The van der Waals surface area contributed by atoms with Crippen LogP contribution in [-0.2, 0) is 0 Å². The predicted octanol–water partition coefficient (Wildman–Crippen LogP) is 4.87. The Hall–Kier alpha value is -2.65. The largest absolute Gasteiger partial charge is 0.298 e. The number of benzene rings is 2. The number of hydrogen-bond donors (Lipinski definition) is 1. The Morgan fingerprint density at radius 2 is 2.08 bits per heavy atom. The minimum Gasteiger partial charge on any atom is -0.298 e. The normalized spacial score (nSPS) is 10.5. The Morgan fingerprint density at radius 3 is 2.76 bits per heavy atom. The molecule has 6 nitrogen and oxygen atoms in total. The monoisotopic (exact) mass is 421 g/mol. The third-order valence-electron chi connectivity index (χ3n) is 3.25. The van der Waals surface area contributed by atoms with Crippen molar-refractivity contribution in [3.05, 3.63) is 73.8 Å². The number of hydrogen-bond acceptors (Lipinski definition) is 5. The lowest BCUT2D eigenvalue weighted by atomic mass is 10.2. The number of carbonyl (C=O) groups excluding carboxylic acids is 1. The molecule has 0 atom stereocenters. The van der Waals surface area contributed by atoms with Crippen molar-refractivity contribution in [2.45, 2.75) is 0 Å². The summed E-state index contributed by atoms with van der Waals surface area (Å²) in [5.74, 6) is -1.68. The summed E-state index contributed by atoms with van der Waals surface area (Å²) in [6.07, 6.45) is 0. The van der Waals surface area contributed by atoms with Gasteiger partial charge in [0.15, 0.2) is 5.13 Å². The second kappa shape index (κ2) is 7.08. The highest BCUT2D eigenvalue weighted by atomic mass is 79.9. The molecule has 1 amide bonds. The minimum absolute atomic E-state index is 0.287. The number of anilines is 1. The van der Waals surface area contributed by atoms with Crippen LogP contribution in [0, 0.1) is 15.9 Å². The number of rotatable bonds is 4. The first-order valence-electron chi connectivity index (χ1n) is 6.91. The van der Waals surface area contributed by atoms with Crippen LogP contribution in [0.25, 0.3) is 11.3 Å². The molecule has 1 aromatic heterocycles. The lowest BCUT2D eigenvalue weighted by Gasteiger charge is -2.03. The Morgan fingerprint density at radius 1 is 1.28 bits per heavy atom. The van der Waals surface area contributed by atoms with Crippen LogP contribution in [0.15, 0.2) is 52.3 Å². The highest BCUT2D eigenvalue weighted by Gasteiger charge is 2.17. The molecule has 0 unspecified atom stereocenters.